The number of halogens is 3. The number of hydrogen-bond donors (Lipinski definition) is 2. The third kappa shape index (κ3) is 13.5. The average molecular weight is 549 g/mol. The third-order valence-electron chi connectivity index (χ3n) is 4.33. The van der Waals surface area contributed by atoms with E-state index in [2.05, 4.69) is 4.89 Å². The predicted octanol–water partition coefficient (Wildman–Crippen LogP) is 6.32. The van der Waals surface area contributed by atoms with E-state index in [0.29, 0.717) is 18.4 Å². The molecule has 7 nitrogen and oxygen atoms in total. The average Bonchev–Trinajstić information content (AvgIpc) is 2.69. The first-order chi connectivity index (χ1) is 14.9. The molecule has 1 radical (unpaired) electrons. The van der Waals surface area contributed by atoms with Crippen LogP contribution in [0.4, 0.5) is 13.2 Å². The quantitative estimate of drug-likeness (QED) is 0.122. The van der Waals surface area contributed by atoms with Gasteiger partial charge in [-0.05, 0) is 38.7 Å². The van der Waals surface area contributed by atoms with Crippen molar-refractivity contribution >= 4 is 5.78 Å². The van der Waals surface area contributed by atoms with Crippen molar-refractivity contribution in [1.82, 2.24) is 0 Å². The Morgan fingerprint density at radius 1 is 1.30 bits per heavy atom. The molecule has 0 aliphatic heterocycles. The molecule has 1 rings (SSSR count). The van der Waals surface area contributed by atoms with Crippen molar-refractivity contribution in [2.75, 3.05) is 7.11 Å². The fraction of sp³-hybridized carbons (Fsp3) is 0.455. The van der Waals surface area contributed by atoms with E-state index >= 15 is 0 Å². The summed E-state index contributed by atoms with van der Waals surface area (Å²) in [5, 5.41) is 17.2. The summed E-state index contributed by atoms with van der Waals surface area (Å²) >= 11 is 0. The van der Waals surface area contributed by atoms with Gasteiger partial charge in [0.25, 0.3) is 0 Å². The fourth-order valence-electron chi connectivity index (χ4n) is 2.49. The van der Waals surface area contributed by atoms with Crippen molar-refractivity contribution in [2.24, 2.45) is 0 Å². The first kappa shape index (κ1) is 33.4. The van der Waals surface area contributed by atoms with Gasteiger partial charge in [-0.2, -0.15) is 19.4 Å². The van der Waals surface area contributed by atoms with Crippen molar-refractivity contribution in [3.05, 3.63) is 69.1 Å². The Balaban J connectivity index is 0. The van der Waals surface area contributed by atoms with E-state index in [4.69, 9.17) is 15.4 Å². The molecule has 3 N–H and O–H groups in total. The van der Waals surface area contributed by atoms with Crippen LogP contribution in [0, 0.1) is 0 Å². The molecule has 0 aromatic carbocycles. The molecular formula is C22H29F3NO6Y-. The zero-order valence-corrected chi connectivity index (χ0v) is 21.9. The van der Waals surface area contributed by atoms with Crippen LogP contribution in [0.5, 0.6) is 5.75 Å². The number of hydrogen-bond acceptors (Lipinski definition) is 6. The van der Waals surface area contributed by atoms with Crippen LogP contribution in [0.25, 0.3) is 5.73 Å². The van der Waals surface area contributed by atoms with Crippen LogP contribution in [0.15, 0.2) is 50.9 Å². The van der Waals surface area contributed by atoms with Crippen molar-refractivity contribution in [1.29, 1.82) is 0 Å². The minimum absolute atomic E-state index is 0. The molecule has 183 valence electrons. The van der Waals surface area contributed by atoms with Crippen molar-refractivity contribution in [2.45, 2.75) is 58.5 Å². The maximum absolute atomic E-state index is 12.5. The normalized spacial score (nSPS) is 13.2. The first-order valence-electron chi connectivity index (χ1n) is 9.70. The number of ketones is 1. The molecule has 1 aromatic rings. The second-order valence-corrected chi connectivity index (χ2v) is 7.07. The zero-order valence-electron chi connectivity index (χ0n) is 19.0. The Hall–Kier alpha value is -1.75. The number of alkyl halides is 3. The minimum Gasteiger partial charge on any atom is -0.705 e. The SMILES string of the molecule is C/C(=C\C=C(/C)C(=O)c1c(O)cc(C(C)CC/C=C/[NH-])oc1=O)CCC(F)(F)F.COO.[Y]. The molecule has 0 amide bonds. The van der Waals surface area contributed by atoms with Gasteiger partial charge in [0.1, 0.15) is 17.1 Å². The summed E-state index contributed by atoms with van der Waals surface area (Å²) < 4.78 is 41.9. The summed E-state index contributed by atoms with van der Waals surface area (Å²) in [4.78, 5) is 28.0. The van der Waals surface area contributed by atoms with Crippen LogP contribution in [0.1, 0.15) is 68.5 Å². The number of carbonyl (C=O) groups excluding carboxylic acids is 1. The molecule has 0 saturated heterocycles. The Morgan fingerprint density at radius 3 is 2.36 bits per heavy atom. The first-order valence-corrected chi connectivity index (χ1v) is 9.70. The summed E-state index contributed by atoms with van der Waals surface area (Å²) in [6.45, 7) is 4.70. The van der Waals surface area contributed by atoms with Gasteiger partial charge in [-0.3, -0.25) is 10.1 Å². The van der Waals surface area contributed by atoms with Crippen molar-refractivity contribution in [3.63, 3.8) is 0 Å². The second kappa shape index (κ2) is 16.8. The number of allylic oxidation sites excluding steroid dienone is 5. The van der Waals surface area contributed by atoms with Crippen LogP contribution >= 0.6 is 0 Å². The molecule has 1 heterocycles. The van der Waals surface area contributed by atoms with Gasteiger partial charge >= 0.3 is 11.8 Å². The summed E-state index contributed by atoms with van der Waals surface area (Å²) in [7, 11) is 1.18. The van der Waals surface area contributed by atoms with Crippen LogP contribution in [0.2, 0.25) is 0 Å². The van der Waals surface area contributed by atoms with E-state index in [9.17, 15) is 27.9 Å². The number of aromatic hydroxyl groups is 1. The molecule has 0 aliphatic rings. The Morgan fingerprint density at radius 2 is 1.88 bits per heavy atom. The largest absolute Gasteiger partial charge is 0.705 e. The molecular weight excluding hydrogens is 520 g/mol. The summed E-state index contributed by atoms with van der Waals surface area (Å²) in [5.74, 6) is -1.24. The molecule has 0 spiro atoms. The van der Waals surface area contributed by atoms with Gasteiger partial charge in [0.15, 0.2) is 5.78 Å². The number of nitrogens with one attached hydrogen (secondary N) is 1. The monoisotopic (exact) mass is 549 g/mol. The Kier molecular flexibility index (Phi) is 17.0. The van der Waals surface area contributed by atoms with E-state index in [0.717, 1.165) is 6.20 Å². The van der Waals surface area contributed by atoms with Gasteiger partial charge in [-0.1, -0.05) is 24.6 Å². The van der Waals surface area contributed by atoms with Crippen molar-refractivity contribution < 1.29 is 70.3 Å². The maximum Gasteiger partial charge on any atom is 0.389 e. The number of rotatable bonds is 9. The minimum atomic E-state index is -4.26. The second-order valence-electron chi connectivity index (χ2n) is 7.07. The van der Waals surface area contributed by atoms with Gasteiger partial charge in [0.05, 0.1) is 7.11 Å². The van der Waals surface area contributed by atoms with E-state index < -0.39 is 35.3 Å². The number of carbonyl (C=O) groups is 1. The van der Waals surface area contributed by atoms with Crippen LogP contribution < -0.4 is 5.63 Å². The topological polar surface area (TPSA) is 121 Å². The molecule has 0 bridgehead atoms. The molecule has 11 heteroatoms. The molecule has 1 unspecified atom stereocenters. The molecule has 33 heavy (non-hydrogen) atoms. The van der Waals surface area contributed by atoms with Crippen molar-refractivity contribution in [3.8, 4) is 5.75 Å². The van der Waals surface area contributed by atoms with E-state index in [1.165, 1.54) is 39.2 Å². The smallest absolute Gasteiger partial charge is 0.389 e. The van der Waals surface area contributed by atoms with E-state index in [-0.39, 0.29) is 56.4 Å². The Bertz CT molecular complexity index is 891. The van der Waals surface area contributed by atoms with E-state index in [1.807, 2.05) is 0 Å². The molecule has 1 aromatic heterocycles. The summed E-state index contributed by atoms with van der Waals surface area (Å²) in [6, 6.07) is 1.22. The summed E-state index contributed by atoms with van der Waals surface area (Å²) in [6.07, 6.45) is 1.27. The van der Waals surface area contributed by atoms with Crippen LogP contribution in [0.3, 0.4) is 0 Å². The molecule has 0 saturated carbocycles. The molecule has 0 fully saturated rings. The standard InChI is InChI=1S/C21H25F3NO4.CH4O2.Y/c1-13(9-10-21(22,23)24)7-8-15(3)19(27)18-16(26)12-17(29-20(18)28)14(2)6-4-5-11-25;1-3-2;/h5,7-8,11-12,14,25H,4,6,9-10H2,1-3H3,(H,26,27,28);2H,1H3;/q-1;;/b11-5+,13-7+,15-8+;;. The molecule has 1 atom stereocenters. The summed E-state index contributed by atoms with van der Waals surface area (Å²) in [5.41, 5.74) is 5.98. The van der Waals surface area contributed by atoms with Gasteiger partial charge < -0.3 is 15.3 Å². The maximum atomic E-state index is 12.5. The van der Waals surface area contributed by atoms with Crippen LogP contribution in [-0.2, 0) is 37.6 Å². The Labute approximate surface area is 216 Å². The van der Waals surface area contributed by atoms with Gasteiger partial charge in [-0.15, -0.1) is 6.08 Å². The van der Waals surface area contributed by atoms with Gasteiger partial charge in [-0.25, -0.2) is 9.68 Å². The zero-order chi connectivity index (χ0) is 24.9. The van der Waals surface area contributed by atoms with Gasteiger partial charge in [0.2, 0.25) is 0 Å². The van der Waals surface area contributed by atoms with Gasteiger partial charge in [0, 0.05) is 51.1 Å². The van der Waals surface area contributed by atoms with E-state index in [1.54, 1.807) is 13.0 Å². The fourth-order valence-corrected chi connectivity index (χ4v) is 2.49. The number of Topliss-reactive ketones (excluding diaryl/α,β-unsaturated/α-hetero) is 1. The van der Waals surface area contributed by atoms with Crippen LogP contribution in [-0.4, -0.2) is 29.4 Å². The molecule has 0 aliphatic carbocycles. The predicted molar refractivity (Wildman–Crippen MR) is 115 cm³/mol. The third-order valence-corrected chi connectivity index (χ3v) is 4.33.